The lowest BCUT2D eigenvalue weighted by molar-refractivity contribution is -0.127. The maximum Gasteiger partial charge on any atom is 0.410 e. The second-order valence-corrected chi connectivity index (χ2v) is 11.8. The number of anilines is 1. The van der Waals surface area contributed by atoms with Crippen LogP contribution in [-0.4, -0.2) is 74.2 Å². The van der Waals surface area contributed by atoms with Crippen molar-refractivity contribution >= 4 is 29.0 Å². The number of rotatable bonds is 4. The lowest BCUT2D eigenvalue weighted by Crippen LogP contribution is -2.44. The lowest BCUT2D eigenvalue weighted by Gasteiger charge is -2.33. The smallest absolute Gasteiger partial charge is 0.410 e. The number of aryl methyl sites for hydroxylation is 1. The molecule has 10 nitrogen and oxygen atoms in total. The van der Waals surface area contributed by atoms with E-state index in [2.05, 4.69) is 10.3 Å². The van der Waals surface area contributed by atoms with E-state index in [1.54, 1.807) is 27.5 Å². The maximum absolute atomic E-state index is 14.0. The Morgan fingerprint density at radius 1 is 1.02 bits per heavy atom. The first-order valence-corrected chi connectivity index (χ1v) is 14.0. The molecule has 3 aromatic rings. The SMILES string of the molecule is CC(=O)N1CC[C@H](n2c(=O)c(-c3ccccc3C)cc3cnc(NC4CCN(C(=O)OC(C)(C)C)CC4)nc32)C1. The Bertz CT molecular complexity index is 1490. The van der Waals surface area contributed by atoms with E-state index in [4.69, 9.17) is 9.72 Å². The van der Waals surface area contributed by atoms with Gasteiger partial charge in [0.2, 0.25) is 11.9 Å². The molecule has 4 heterocycles. The molecule has 0 spiro atoms. The summed E-state index contributed by atoms with van der Waals surface area (Å²) in [6.07, 6.45) is 3.61. The minimum atomic E-state index is -0.527. The minimum Gasteiger partial charge on any atom is -0.444 e. The summed E-state index contributed by atoms with van der Waals surface area (Å²) in [5.41, 5.74) is 2.41. The first-order valence-electron chi connectivity index (χ1n) is 14.0. The average molecular weight is 547 g/mol. The van der Waals surface area contributed by atoms with Crippen molar-refractivity contribution in [3.63, 3.8) is 0 Å². The normalized spacial score (nSPS) is 18.3. The molecule has 1 atom stereocenters. The van der Waals surface area contributed by atoms with Crippen LogP contribution in [0.25, 0.3) is 22.2 Å². The van der Waals surface area contributed by atoms with Gasteiger partial charge in [0.05, 0.1) is 6.04 Å². The van der Waals surface area contributed by atoms with Gasteiger partial charge < -0.3 is 19.9 Å². The molecule has 5 rings (SSSR count). The standard InChI is InChI=1S/C30H38N6O4/c1-19-8-6-7-9-24(19)25-16-21-17-31-28(32-22-10-13-34(14-11-22)29(39)40-30(3,4)5)33-26(21)36(27(25)38)23-12-15-35(18-23)20(2)37/h6-9,16-17,22-23H,10-15,18H2,1-5H3,(H,31,32,33)/t23-/m0/s1. The molecule has 1 N–H and O–H groups in total. The topological polar surface area (TPSA) is 110 Å². The number of nitrogens with zero attached hydrogens (tertiary/aromatic N) is 5. The minimum absolute atomic E-state index is 0.00428. The van der Waals surface area contributed by atoms with E-state index in [9.17, 15) is 14.4 Å². The molecule has 0 saturated carbocycles. The molecule has 0 aliphatic carbocycles. The van der Waals surface area contributed by atoms with Crippen LogP contribution in [0.3, 0.4) is 0 Å². The van der Waals surface area contributed by atoms with Crippen molar-refractivity contribution in [2.24, 2.45) is 0 Å². The van der Waals surface area contributed by atoms with Crippen LogP contribution in [0.2, 0.25) is 0 Å². The molecule has 212 valence electrons. The van der Waals surface area contributed by atoms with Crippen molar-refractivity contribution in [1.82, 2.24) is 24.3 Å². The predicted molar refractivity (Wildman–Crippen MR) is 154 cm³/mol. The number of fused-ring (bicyclic) bond motifs is 1. The van der Waals surface area contributed by atoms with Crippen LogP contribution >= 0.6 is 0 Å². The third-order valence-electron chi connectivity index (χ3n) is 7.66. The second-order valence-electron chi connectivity index (χ2n) is 11.8. The van der Waals surface area contributed by atoms with Crippen LogP contribution in [0, 0.1) is 6.92 Å². The fraction of sp³-hybridized carbons (Fsp3) is 0.500. The van der Waals surface area contributed by atoms with Gasteiger partial charge in [-0.1, -0.05) is 24.3 Å². The van der Waals surface area contributed by atoms with Gasteiger partial charge in [0, 0.05) is 56.3 Å². The Morgan fingerprint density at radius 3 is 2.38 bits per heavy atom. The molecule has 1 aromatic carbocycles. The molecule has 0 unspecified atom stereocenters. The largest absolute Gasteiger partial charge is 0.444 e. The summed E-state index contributed by atoms with van der Waals surface area (Å²) < 4.78 is 7.27. The van der Waals surface area contributed by atoms with Crippen molar-refractivity contribution in [3.8, 4) is 11.1 Å². The Kier molecular flexibility index (Phi) is 7.53. The highest BCUT2D eigenvalue weighted by atomic mass is 16.6. The zero-order valence-corrected chi connectivity index (χ0v) is 23.9. The number of carbonyl (C=O) groups is 2. The third kappa shape index (κ3) is 5.80. The van der Waals surface area contributed by atoms with Crippen LogP contribution in [0.1, 0.15) is 58.6 Å². The van der Waals surface area contributed by atoms with Gasteiger partial charge >= 0.3 is 6.09 Å². The summed E-state index contributed by atoms with van der Waals surface area (Å²) in [5, 5.41) is 4.19. The molecule has 10 heteroatoms. The Balaban J connectivity index is 1.44. The highest BCUT2D eigenvalue weighted by Gasteiger charge is 2.30. The number of nitrogens with one attached hydrogen (secondary N) is 1. The van der Waals surface area contributed by atoms with Gasteiger partial charge in [-0.3, -0.25) is 14.2 Å². The number of pyridine rings is 1. The summed E-state index contributed by atoms with van der Waals surface area (Å²) >= 11 is 0. The van der Waals surface area contributed by atoms with Gasteiger partial charge in [0.15, 0.2) is 0 Å². The van der Waals surface area contributed by atoms with Crippen LogP contribution in [0.15, 0.2) is 41.3 Å². The van der Waals surface area contributed by atoms with Crippen molar-refractivity contribution < 1.29 is 14.3 Å². The molecular weight excluding hydrogens is 508 g/mol. The van der Waals surface area contributed by atoms with Crippen LogP contribution in [-0.2, 0) is 9.53 Å². The first-order chi connectivity index (χ1) is 19.0. The van der Waals surface area contributed by atoms with E-state index < -0.39 is 5.60 Å². The highest BCUT2D eigenvalue weighted by molar-refractivity contribution is 5.82. The van der Waals surface area contributed by atoms with Gasteiger partial charge in [-0.05, 0) is 64.2 Å². The van der Waals surface area contributed by atoms with Crippen LogP contribution in [0.5, 0.6) is 0 Å². The summed E-state index contributed by atoms with van der Waals surface area (Å²) in [5.74, 6) is 0.450. The molecule has 2 aliphatic heterocycles. The van der Waals surface area contributed by atoms with Crippen LogP contribution < -0.4 is 10.9 Å². The molecule has 2 aromatic heterocycles. The van der Waals surface area contributed by atoms with Crippen LogP contribution in [0.4, 0.5) is 10.7 Å². The Morgan fingerprint density at radius 2 is 1.73 bits per heavy atom. The van der Waals surface area contributed by atoms with E-state index in [1.807, 2.05) is 58.0 Å². The van der Waals surface area contributed by atoms with E-state index in [0.29, 0.717) is 49.8 Å². The summed E-state index contributed by atoms with van der Waals surface area (Å²) in [6.45, 7) is 11.4. The number of piperidine rings is 1. The summed E-state index contributed by atoms with van der Waals surface area (Å²) in [6, 6.07) is 9.62. The fourth-order valence-electron chi connectivity index (χ4n) is 5.55. The molecular formula is C30H38N6O4. The maximum atomic E-state index is 14.0. The number of aromatic nitrogens is 3. The Hall–Kier alpha value is -3.95. The number of likely N-dealkylation sites (tertiary alicyclic amines) is 2. The fourth-order valence-corrected chi connectivity index (χ4v) is 5.55. The highest BCUT2D eigenvalue weighted by Crippen LogP contribution is 2.29. The second kappa shape index (κ2) is 10.9. The Labute approximate surface area is 234 Å². The molecule has 2 aliphatic rings. The number of carbonyl (C=O) groups excluding carboxylic acids is 2. The van der Waals surface area contributed by atoms with Crippen molar-refractivity contribution in [3.05, 3.63) is 52.4 Å². The number of benzene rings is 1. The van der Waals surface area contributed by atoms with E-state index in [-0.39, 0.29) is 29.6 Å². The molecule has 0 bridgehead atoms. The van der Waals surface area contributed by atoms with Crippen molar-refractivity contribution in [2.75, 3.05) is 31.5 Å². The average Bonchev–Trinajstić information content (AvgIpc) is 3.38. The number of amides is 2. The first kappa shape index (κ1) is 27.6. The molecule has 2 amide bonds. The number of hydrogen-bond acceptors (Lipinski definition) is 7. The van der Waals surface area contributed by atoms with Gasteiger partial charge in [-0.2, -0.15) is 4.98 Å². The number of hydrogen-bond donors (Lipinski definition) is 1. The van der Waals surface area contributed by atoms with E-state index in [0.717, 1.165) is 29.4 Å². The molecule has 0 radical (unpaired) electrons. The van der Waals surface area contributed by atoms with Gasteiger partial charge in [0.1, 0.15) is 11.2 Å². The third-order valence-corrected chi connectivity index (χ3v) is 7.66. The van der Waals surface area contributed by atoms with Crippen molar-refractivity contribution in [1.29, 1.82) is 0 Å². The lowest BCUT2D eigenvalue weighted by atomic mass is 10.0. The summed E-state index contributed by atoms with van der Waals surface area (Å²) in [4.78, 5) is 51.5. The van der Waals surface area contributed by atoms with Crippen molar-refractivity contribution in [2.45, 2.75) is 71.6 Å². The van der Waals surface area contributed by atoms with Gasteiger partial charge in [-0.15, -0.1) is 0 Å². The predicted octanol–water partition coefficient (Wildman–Crippen LogP) is 4.37. The monoisotopic (exact) mass is 546 g/mol. The zero-order valence-electron chi connectivity index (χ0n) is 23.9. The van der Waals surface area contributed by atoms with Gasteiger partial charge in [0.25, 0.3) is 5.56 Å². The molecule has 2 saturated heterocycles. The summed E-state index contributed by atoms with van der Waals surface area (Å²) in [7, 11) is 0. The van der Waals surface area contributed by atoms with E-state index >= 15 is 0 Å². The molecule has 2 fully saturated rings. The quantitative estimate of drug-likeness (QED) is 0.517. The zero-order chi connectivity index (χ0) is 28.6. The van der Waals surface area contributed by atoms with Gasteiger partial charge in [-0.25, -0.2) is 9.78 Å². The number of ether oxygens (including phenoxy) is 1. The molecule has 40 heavy (non-hydrogen) atoms. The van der Waals surface area contributed by atoms with E-state index in [1.165, 1.54) is 0 Å².